The van der Waals surface area contributed by atoms with Gasteiger partial charge in [0.1, 0.15) is 5.75 Å². The maximum atomic E-state index is 5.89. The Hall–Kier alpha value is 0.176. The second-order valence-corrected chi connectivity index (χ2v) is 5.85. The fourth-order valence-electron chi connectivity index (χ4n) is 3.37. The molecule has 22 heavy (non-hydrogen) atoms. The van der Waals surface area contributed by atoms with E-state index < -0.39 is 0 Å². The Labute approximate surface area is 176 Å². The van der Waals surface area contributed by atoms with E-state index in [1.54, 1.807) is 7.11 Å². The molecule has 1 aromatic rings. The van der Waals surface area contributed by atoms with Crippen LogP contribution < -0.4 is 66.8 Å². The van der Waals surface area contributed by atoms with E-state index in [2.05, 4.69) is 27.2 Å². The van der Waals surface area contributed by atoms with Crippen molar-refractivity contribution < 1.29 is 56.1 Å². The van der Waals surface area contributed by atoms with Gasteiger partial charge in [0.2, 0.25) is 0 Å². The van der Waals surface area contributed by atoms with E-state index in [1.165, 1.54) is 18.5 Å². The number of nitrogens with zero attached hydrogens (tertiary/aromatic N) is 3. The number of nitrogen functional groups attached to an aromatic ring is 1. The van der Waals surface area contributed by atoms with Crippen molar-refractivity contribution in [2.75, 3.05) is 57.0 Å². The van der Waals surface area contributed by atoms with Crippen LogP contribution >= 0.6 is 0 Å². The Balaban J connectivity index is 0.00000176. The summed E-state index contributed by atoms with van der Waals surface area (Å²) in [4.78, 5) is 5.06. The molecule has 0 aromatic heterocycles. The van der Waals surface area contributed by atoms with Crippen molar-refractivity contribution in [2.24, 2.45) is 0 Å². The van der Waals surface area contributed by atoms with Crippen LogP contribution in [0.3, 0.4) is 0 Å². The number of benzene rings is 1. The fraction of sp³-hybridized carbons (Fsp3) is 0.625. The van der Waals surface area contributed by atoms with E-state index in [0.717, 1.165) is 51.1 Å². The maximum absolute atomic E-state index is 5.89. The van der Waals surface area contributed by atoms with Crippen molar-refractivity contribution in [1.29, 1.82) is 0 Å². The maximum Gasteiger partial charge on any atom is 1.00 e. The molecule has 0 saturated carbocycles. The van der Waals surface area contributed by atoms with Gasteiger partial charge in [-0.2, -0.15) is 0 Å². The fourth-order valence-corrected chi connectivity index (χ4v) is 3.37. The molecule has 2 fully saturated rings. The molecule has 2 heterocycles. The molecule has 2 saturated heterocycles. The van der Waals surface area contributed by atoms with Gasteiger partial charge in [-0.15, -0.1) is 13.1 Å². The normalized spacial score (nSPS) is 20.5. The molecule has 2 N–H and O–H groups in total. The van der Waals surface area contributed by atoms with Gasteiger partial charge < -0.3 is 25.6 Å². The molecule has 0 spiro atoms. The van der Waals surface area contributed by atoms with E-state index in [0.29, 0.717) is 5.69 Å². The number of hydrogen-bond donors (Lipinski definition) is 1. The number of nitrogens with two attached hydrogens (primary N) is 1. The Morgan fingerprint density at radius 3 is 2.45 bits per heavy atom. The molecule has 5 nitrogen and oxygen atoms in total. The van der Waals surface area contributed by atoms with Gasteiger partial charge in [0.05, 0.1) is 12.8 Å². The summed E-state index contributed by atoms with van der Waals surface area (Å²) in [6.07, 6.45) is 2.46. The van der Waals surface area contributed by atoms with E-state index >= 15 is 0 Å². The first-order valence-corrected chi connectivity index (χ1v) is 7.83. The second-order valence-electron chi connectivity index (χ2n) is 5.85. The molecular formula is C16H25KN4O. The van der Waals surface area contributed by atoms with E-state index in [4.69, 9.17) is 10.5 Å². The topological polar surface area (TPSA) is 55.8 Å². The van der Waals surface area contributed by atoms with Gasteiger partial charge in [-0.25, -0.2) is 0 Å². The molecule has 0 atom stereocenters. The molecule has 2 aliphatic rings. The summed E-state index contributed by atoms with van der Waals surface area (Å²) in [6, 6.07) is 6.81. The third-order valence-corrected chi connectivity index (χ3v) is 4.65. The summed E-state index contributed by atoms with van der Waals surface area (Å²) in [6.45, 7) is 6.50. The number of hydrogen-bond acceptors (Lipinski definition) is 4. The minimum absolute atomic E-state index is 0. The summed E-state index contributed by atoms with van der Waals surface area (Å²) in [5.41, 5.74) is 7.81. The van der Waals surface area contributed by atoms with Crippen LogP contribution in [0.5, 0.6) is 5.75 Å². The van der Waals surface area contributed by atoms with Crippen molar-refractivity contribution in [3.05, 3.63) is 23.5 Å². The molecular weight excluding hydrogens is 303 g/mol. The third-order valence-electron chi connectivity index (χ3n) is 4.65. The Morgan fingerprint density at radius 1 is 1.14 bits per heavy atom. The Morgan fingerprint density at radius 2 is 1.82 bits per heavy atom. The van der Waals surface area contributed by atoms with E-state index in [1.807, 2.05) is 6.07 Å². The van der Waals surface area contributed by atoms with Crippen LogP contribution in [0.1, 0.15) is 12.8 Å². The van der Waals surface area contributed by atoms with Gasteiger partial charge >= 0.3 is 51.4 Å². The molecule has 1 aromatic carbocycles. The van der Waals surface area contributed by atoms with E-state index in [-0.39, 0.29) is 51.4 Å². The van der Waals surface area contributed by atoms with Gasteiger partial charge in [0.15, 0.2) is 0 Å². The van der Waals surface area contributed by atoms with Crippen molar-refractivity contribution >= 4 is 11.4 Å². The molecule has 0 aliphatic carbocycles. The first kappa shape index (κ1) is 18.5. The van der Waals surface area contributed by atoms with Crippen LogP contribution in [0.4, 0.5) is 11.4 Å². The average molecular weight is 329 g/mol. The Kier molecular flexibility index (Phi) is 7.46. The van der Waals surface area contributed by atoms with Gasteiger partial charge in [-0.3, -0.25) is 0 Å². The van der Waals surface area contributed by atoms with Crippen LogP contribution in [-0.2, 0) is 0 Å². The predicted molar refractivity (Wildman–Crippen MR) is 87.3 cm³/mol. The van der Waals surface area contributed by atoms with Crippen LogP contribution in [0.15, 0.2) is 18.2 Å². The number of piperazine rings is 1. The number of ether oxygens (including phenoxy) is 1. The standard InChI is InChI=1S/C16H25N4O.K/c1-21-16-12-14(2-3-15(16)17)19-8-4-13(5-9-19)20-10-6-18-7-11-20;/h2-3,12-13H,4-11,17H2,1H3;/q-1;+1. The molecule has 3 rings (SSSR count). The SMILES string of the molecule is COc1cc(N2CCC(N3CC[N-]CC3)CC2)ccc1N.[K+]. The van der Waals surface area contributed by atoms with E-state index in [9.17, 15) is 0 Å². The quantitative estimate of drug-likeness (QED) is 0.568. The average Bonchev–Trinajstić information content (AvgIpc) is 2.56. The van der Waals surface area contributed by atoms with Crippen molar-refractivity contribution in [3.8, 4) is 5.75 Å². The summed E-state index contributed by atoms with van der Waals surface area (Å²) in [7, 11) is 1.67. The summed E-state index contributed by atoms with van der Waals surface area (Å²) in [5.74, 6) is 0.771. The number of rotatable bonds is 3. The summed E-state index contributed by atoms with van der Waals surface area (Å²) < 4.78 is 5.32. The molecule has 6 heteroatoms. The van der Waals surface area contributed by atoms with Crippen LogP contribution in [0, 0.1) is 0 Å². The molecule has 0 bridgehead atoms. The first-order valence-electron chi connectivity index (χ1n) is 7.83. The van der Waals surface area contributed by atoms with Gasteiger partial charge in [0.25, 0.3) is 0 Å². The monoisotopic (exact) mass is 328 g/mol. The summed E-state index contributed by atoms with van der Waals surface area (Å²) in [5, 5.41) is 4.43. The largest absolute Gasteiger partial charge is 1.00 e. The van der Waals surface area contributed by atoms with Crippen LogP contribution in [0.2, 0.25) is 0 Å². The molecule has 0 unspecified atom stereocenters. The molecule has 0 radical (unpaired) electrons. The zero-order valence-corrected chi connectivity index (χ0v) is 16.9. The first-order chi connectivity index (χ1) is 10.3. The minimum atomic E-state index is 0. The molecule has 116 valence electrons. The Bertz CT molecular complexity index is 471. The second kappa shape index (κ2) is 8.87. The van der Waals surface area contributed by atoms with Crippen LogP contribution in [0.25, 0.3) is 5.32 Å². The van der Waals surface area contributed by atoms with Crippen LogP contribution in [-0.4, -0.2) is 57.3 Å². The van der Waals surface area contributed by atoms with Crippen molar-refractivity contribution in [1.82, 2.24) is 4.90 Å². The number of anilines is 2. The van der Waals surface area contributed by atoms with Gasteiger partial charge in [-0.05, 0) is 38.1 Å². The molecule has 2 aliphatic heterocycles. The smallest absolute Gasteiger partial charge is 0.660 e. The number of piperidine rings is 1. The zero-order valence-electron chi connectivity index (χ0n) is 13.8. The van der Waals surface area contributed by atoms with Crippen molar-refractivity contribution in [3.63, 3.8) is 0 Å². The molecule has 0 amide bonds. The number of methoxy groups -OCH3 is 1. The van der Waals surface area contributed by atoms with Gasteiger partial charge in [-0.1, -0.05) is 0 Å². The van der Waals surface area contributed by atoms with Crippen molar-refractivity contribution in [2.45, 2.75) is 18.9 Å². The third kappa shape index (κ3) is 4.38. The predicted octanol–water partition coefficient (Wildman–Crippen LogP) is -1.06. The zero-order chi connectivity index (χ0) is 14.7. The summed E-state index contributed by atoms with van der Waals surface area (Å²) >= 11 is 0. The van der Waals surface area contributed by atoms with Gasteiger partial charge in [0, 0.05) is 30.9 Å². The minimum Gasteiger partial charge on any atom is -0.660 e.